The molecular formula is C24H16N4. The molecule has 2 aliphatic heterocycles. The largest absolute Gasteiger partial charge is 0.359 e. The third-order valence-corrected chi connectivity index (χ3v) is 5.29. The van der Waals surface area contributed by atoms with E-state index in [1.54, 1.807) is 0 Å². The summed E-state index contributed by atoms with van der Waals surface area (Å²) in [5, 5.41) is 11.5. The minimum atomic E-state index is 0.932. The molecule has 2 N–H and O–H groups in total. The molecule has 2 aromatic heterocycles. The Morgan fingerprint density at radius 2 is 1.61 bits per heavy atom. The van der Waals surface area contributed by atoms with E-state index < -0.39 is 0 Å². The lowest BCUT2D eigenvalue weighted by atomic mass is 10.0. The Balaban J connectivity index is 1.48. The van der Waals surface area contributed by atoms with Gasteiger partial charge in [-0.2, -0.15) is 0 Å². The SMILES string of the molecule is C1=CNc2c3c(ccc2=C1)=CC=C(c1cnc2c(ccc4cccnc42)c1)N3. The van der Waals surface area contributed by atoms with Gasteiger partial charge in [0.15, 0.2) is 0 Å². The van der Waals surface area contributed by atoms with E-state index in [0.717, 1.165) is 44.4 Å². The van der Waals surface area contributed by atoms with Gasteiger partial charge in [0.1, 0.15) is 0 Å². The lowest BCUT2D eigenvalue weighted by Gasteiger charge is -2.20. The summed E-state index contributed by atoms with van der Waals surface area (Å²) in [5.41, 5.74) is 6.16. The number of benzene rings is 2. The number of fused-ring (bicyclic) bond motifs is 6. The van der Waals surface area contributed by atoms with Crippen molar-refractivity contribution in [2.45, 2.75) is 0 Å². The monoisotopic (exact) mass is 360 g/mol. The number of nitrogens with one attached hydrogen (secondary N) is 2. The van der Waals surface area contributed by atoms with E-state index in [0.29, 0.717) is 0 Å². The molecule has 2 aromatic carbocycles. The van der Waals surface area contributed by atoms with E-state index in [1.807, 2.05) is 30.7 Å². The van der Waals surface area contributed by atoms with Gasteiger partial charge in [0.05, 0.1) is 22.4 Å². The Morgan fingerprint density at radius 1 is 0.750 bits per heavy atom. The molecule has 4 heteroatoms. The highest BCUT2D eigenvalue weighted by molar-refractivity contribution is 6.03. The van der Waals surface area contributed by atoms with Crippen molar-refractivity contribution in [1.29, 1.82) is 0 Å². The van der Waals surface area contributed by atoms with Crippen molar-refractivity contribution in [3.05, 3.63) is 89.2 Å². The number of rotatable bonds is 1. The molecule has 132 valence electrons. The molecule has 6 rings (SSSR count). The van der Waals surface area contributed by atoms with Crippen LogP contribution in [0.4, 0.5) is 11.4 Å². The third-order valence-electron chi connectivity index (χ3n) is 5.29. The quantitative estimate of drug-likeness (QED) is 0.508. The van der Waals surface area contributed by atoms with Crippen molar-refractivity contribution in [3.8, 4) is 0 Å². The van der Waals surface area contributed by atoms with Crippen molar-refractivity contribution in [2.75, 3.05) is 10.6 Å². The summed E-state index contributed by atoms with van der Waals surface area (Å²) in [4.78, 5) is 9.25. The number of hydrogen-bond donors (Lipinski definition) is 2. The van der Waals surface area contributed by atoms with Crippen LogP contribution in [0.25, 0.3) is 39.7 Å². The predicted octanol–water partition coefficient (Wildman–Crippen LogP) is 3.75. The maximum atomic E-state index is 4.74. The number of anilines is 2. The highest BCUT2D eigenvalue weighted by Crippen LogP contribution is 2.28. The van der Waals surface area contributed by atoms with Gasteiger partial charge in [0.2, 0.25) is 0 Å². The maximum Gasteiger partial charge on any atom is 0.0965 e. The van der Waals surface area contributed by atoms with Crippen LogP contribution < -0.4 is 21.1 Å². The molecule has 4 heterocycles. The van der Waals surface area contributed by atoms with Crippen molar-refractivity contribution < 1.29 is 0 Å². The van der Waals surface area contributed by atoms with Crippen molar-refractivity contribution in [2.24, 2.45) is 0 Å². The fourth-order valence-corrected chi connectivity index (χ4v) is 3.89. The van der Waals surface area contributed by atoms with Gasteiger partial charge in [-0.15, -0.1) is 0 Å². The molecule has 4 nitrogen and oxygen atoms in total. The van der Waals surface area contributed by atoms with Crippen LogP contribution in [0, 0.1) is 0 Å². The zero-order valence-corrected chi connectivity index (χ0v) is 15.0. The topological polar surface area (TPSA) is 49.8 Å². The van der Waals surface area contributed by atoms with Crippen LogP contribution in [0.5, 0.6) is 0 Å². The first-order chi connectivity index (χ1) is 13.9. The molecule has 0 bridgehead atoms. The lowest BCUT2D eigenvalue weighted by molar-refractivity contribution is 1.35. The van der Waals surface area contributed by atoms with Gasteiger partial charge in [0.25, 0.3) is 0 Å². The predicted molar refractivity (Wildman–Crippen MR) is 116 cm³/mol. The zero-order valence-electron chi connectivity index (χ0n) is 15.0. The Hall–Kier alpha value is -3.92. The van der Waals surface area contributed by atoms with Gasteiger partial charge >= 0.3 is 0 Å². The first-order valence-electron chi connectivity index (χ1n) is 9.26. The summed E-state index contributed by atoms with van der Waals surface area (Å²) in [6, 6.07) is 14.7. The molecule has 0 spiro atoms. The molecular weight excluding hydrogens is 344 g/mol. The Bertz CT molecular complexity index is 1460. The van der Waals surface area contributed by atoms with E-state index in [9.17, 15) is 0 Å². The van der Waals surface area contributed by atoms with Gasteiger partial charge in [-0.25, -0.2) is 0 Å². The van der Waals surface area contributed by atoms with Crippen LogP contribution in [0.2, 0.25) is 0 Å². The summed E-state index contributed by atoms with van der Waals surface area (Å²) < 4.78 is 0. The molecule has 0 saturated heterocycles. The van der Waals surface area contributed by atoms with Gasteiger partial charge in [-0.1, -0.05) is 42.5 Å². The average molecular weight is 360 g/mol. The number of nitrogens with zero attached hydrogens (tertiary/aromatic N) is 2. The number of aromatic nitrogens is 2. The molecule has 2 aliphatic rings. The standard InChI is InChI=1S/C24H16N4/c1-3-15-7-8-18-13-19(14-27-23(18)21(15)25-11-1)20-10-9-17-6-5-16-4-2-12-26-22(16)24(17)28-20/h1-14,26,28H. The Morgan fingerprint density at radius 3 is 2.57 bits per heavy atom. The highest BCUT2D eigenvalue weighted by Gasteiger charge is 2.14. The molecule has 28 heavy (non-hydrogen) atoms. The molecule has 0 aliphatic carbocycles. The molecule has 0 radical (unpaired) electrons. The summed E-state index contributed by atoms with van der Waals surface area (Å²) in [6.45, 7) is 0. The number of hydrogen-bond acceptors (Lipinski definition) is 4. The Labute approximate surface area is 161 Å². The maximum absolute atomic E-state index is 4.74. The number of pyridine rings is 2. The molecule has 0 unspecified atom stereocenters. The van der Waals surface area contributed by atoms with Gasteiger partial charge in [-0.05, 0) is 24.3 Å². The molecule has 4 aromatic rings. The minimum absolute atomic E-state index is 0.932. The third kappa shape index (κ3) is 2.25. The zero-order chi connectivity index (χ0) is 18.5. The first kappa shape index (κ1) is 15.2. The van der Waals surface area contributed by atoms with Crippen molar-refractivity contribution in [3.63, 3.8) is 0 Å². The van der Waals surface area contributed by atoms with Crippen LogP contribution in [0.3, 0.4) is 0 Å². The first-order valence-corrected chi connectivity index (χ1v) is 9.26. The van der Waals surface area contributed by atoms with Crippen LogP contribution in [-0.4, -0.2) is 9.97 Å². The van der Waals surface area contributed by atoms with E-state index in [1.165, 1.54) is 10.4 Å². The second kappa shape index (κ2) is 5.79. The summed E-state index contributed by atoms with van der Waals surface area (Å²) in [6.07, 6.45) is 14.1. The van der Waals surface area contributed by atoms with Crippen LogP contribution in [0.15, 0.2) is 73.2 Å². The van der Waals surface area contributed by atoms with E-state index in [2.05, 4.69) is 70.2 Å². The lowest BCUT2D eigenvalue weighted by Crippen LogP contribution is -2.23. The highest BCUT2D eigenvalue weighted by atomic mass is 15.0. The molecule has 0 saturated carbocycles. The Kier molecular flexibility index (Phi) is 3.14. The van der Waals surface area contributed by atoms with Crippen LogP contribution in [-0.2, 0) is 0 Å². The normalized spacial score (nSPS) is 14.2. The van der Waals surface area contributed by atoms with Crippen molar-refractivity contribution >= 4 is 51.0 Å². The average Bonchev–Trinajstić information content (AvgIpc) is 2.78. The fourth-order valence-electron chi connectivity index (χ4n) is 3.89. The fraction of sp³-hybridized carbons (Fsp3) is 0. The summed E-state index contributed by atoms with van der Waals surface area (Å²) >= 11 is 0. The minimum Gasteiger partial charge on any atom is -0.359 e. The van der Waals surface area contributed by atoms with Crippen LogP contribution in [0.1, 0.15) is 5.56 Å². The number of allylic oxidation sites excluding steroid dienone is 2. The van der Waals surface area contributed by atoms with Crippen molar-refractivity contribution in [1.82, 2.24) is 9.97 Å². The molecule has 0 atom stereocenters. The van der Waals surface area contributed by atoms with E-state index in [-0.39, 0.29) is 0 Å². The van der Waals surface area contributed by atoms with E-state index >= 15 is 0 Å². The summed E-state index contributed by atoms with van der Waals surface area (Å²) in [5.74, 6) is 0. The second-order valence-corrected chi connectivity index (χ2v) is 6.97. The molecule has 0 amide bonds. The van der Waals surface area contributed by atoms with Gasteiger partial charge in [0, 0.05) is 51.1 Å². The summed E-state index contributed by atoms with van der Waals surface area (Å²) in [7, 11) is 0. The smallest absolute Gasteiger partial charge is 0.0965 e. The van der Waals surface area contributed by atoms with Gasteiger partial charge in [-0.3, -0.25) is 9.97 Å². The van der Waals surface area contributed by atoms with E-state index in [4.69, 9.17) is 4.98 Å². The van der Waals surface area contributed by atoms with Crippen LogP contribution >= 0.6 is 0 Å². The molecule has 0 fully saturated rings. The van der Waals surface area contributed by atoms with Gasteiger partial charge < -0.3 is 10.6 Å². The second-order valence-electron chi connectivity index (χ2n) is 6.97.